The summed E-state index contributed by atoms with van der Waals surface area (Å²) in [6.45, 7) is 0. The molecule has 1 fully saturated rings. The number of benzene rings is 1. The lowest BCUT2D eigenvalue weighted by atomic mass is 9.83. The average molecular weight is 451 g/mol. The summed E-state index contributed by atoms with van der Waals surface area (Å²) >= 11 is 0. The fraction of sp³-hybridized carbons (Fsp3) is 0.400. The highest BCUT2D eigenvalue weighted by Gasteiger charge is 2.27. The lowest BCUT2D eigenvalue weighted by Gasteiger charge is -2.27. The molecule has 0 spiro atoms. The van der Waals surface area contributed by atoms with Gasteiger partial charge in [-0.3, -0.25) is 19.1 Å². The quantitative estimate of drug-likeness (QED) is 0.504. The van der Waals surface area contributed by atoms with Crippen molar-refractivity contribution in [1.29, 1.82) is 0 Å². The summed E-state index contributed by atoms with van der Waals surface area (Å²) in [5, 5.41) is 0.152. The number of pyridine rings is 1. The second-order valence-electron chi connectivity index (χ2n) is 8.55. The number of aromatic nitrogens is 3. The van der Waals surface area contributed by atoms with Gasteiger partial charge in [0.15, 0.2) is 5.78 Å². The summed E-state index contributed by atoms with van der Waals surface area (Å²) < 4.78 is 19.8. The van der Waals surface area contributed by atoms with Crippen LogP contribution < -0.4 is 5.56 Å². The summed E-state index contributed by atoms with van der Waals surface area (Å²) in [4.78, 5) is 46.8. The molecule has 0 amide bonds. The van der Waals surface area contributed by atoms with Crippen molar-refractivity contribution in [2.24, 2.45) is 5.92 Å². The number of carbonyl (C=O) groups is 2. The zero-order chi connectivity index (χ0) is 23.4. The minimum Gasteiger partial charge on any atom is -0.465 e. The molecule has 0 radical (unpaired) electrons. The summed E-state index contributed by atoms with van der Waals surface area (Å²) in [5.41, 5.74) is 0.753. The Morgan fingerprint density at radius 2 is 1.94 bits per heavy atom. The molecule has 0 aliphatic heterocycles. The van der Waals surface area contributed by atoms with E-state index in [0.717, 1.165) is 31.7 Å². The lowest BCUT2D eigenvalue weighted by Crippen LogP contribution is -2.33. The number of rotatable bonds is 7. The normalized spacial score (nSPS) is 15.3. The summed E-state index contributed by atoms with van der Waals surface area (Å²) in [5.74, 6) is -0.864. The molecule has 3 aromatic rings. The molecule has 7 nitrogen and oxygen atoms in total. The van der Waals surface area contributed by atoms with Crippen molar-refractivity contribution in [3.05, 3.63) is 70.3 Å². The fourth-order valence-electron chi connectivity index (χ4n) is 4.53. The van der Waals surface area contributed by atoms with Gasteiger partial charge in [-0.15, -0.1) is 0 Å². The third-order valence-corrected chi connectivity index (χ3v) is 6.33. The molecule has 0 saturated heterocycles. The molecule has 2 heterocycles. The predicted molar refractivity (Wildman–Crippen MR) is 120 cm³/mol. The Bertz CT molecular complexity index is 1220. The van der Waals surface area contributed by atoms with Gasteiger partial charge in [0.1, 0.15) is 5.82 Å². The molecular formula is C25H26FN3O4. The summed E-state index contributed by atoms with van der Waals surface area (Å²) in [6.07, 6.45) is 8.73. The van der Waals surface area contributed by atoms with E-state index < -0.39 is 23.4 Å². The van der Waals surface area contributed by atoms with E-state index in [1.54, 1.807) is 12.1 Å². The largest absolute Gasteiger partial charge is 0.465 e. The van der Waals surface area contributed by atoms with E-state index in [0.29, 0.717) is 29.1 Å². The van der Waals surface area contributed by atoms with Crippen molar-refractivity contribution in [2.45, 2.75) is 51.0 Å². The van der Waals surface area contributed by atoms with Gasteiger partial charge in [0, 0.05) is 11.9 Å². The van der Waals surface area contributed by atoms with Crippen molar-refractivity contribution < 1.29 is 18.7 Å². The highest BCUT2D eigenvalue weighted by molar-refractivity contribution is 5.89. The Hall–Kier alpha value is -3.42. The van der Waals surface area contributed by atoms with Crippen LogP contribution in [0.2, 0.25) is 0 Å². The zero-order valence-corrected chi connectivity index (χ0v) is 18.5. The fourth-order valence-corrected chi connectivity index (χ4v) is 4.53. The van der Waals surface area contributed by atoms with E-state index in [4.69, 9.17) is 0 Å². The van der Waals surface area contributed by atoms with Crippen LogP contribution in [0.15, 0.2) is 47.7 Å². The third-order valence-electron chi connectivity index (χ3n) is 6.33. The molecule has 33 heavy (non-hydrogen) atoms. The van der Waals surface area contributed by atoms with E-state index in [2.05, 4.69) is 14.7 Å². The Kier molecular flexibility index (Phi) is 6.91. The standard InChI is InChI=1S/C25H26FN3O4/c1-33-25(32)17-7-9-19(27-14-17)13-23(30)22(11-16-5-3-2-4-6-16)29-15-28-21-10-8-18(26)12-20(21)24(29)31/h7-10,12,14-16,22H,2-6,11,13H2,1H3/t22-/m0/s1. The maximum absolute atomic E-state index is 13.8. The number of hydrogen-bond donors (Lipinski definition) is 0. The SMILES string of the molecule is COC(=O)c1ccc(CC(=O)[C@H](CC2CCCCC2)n2cnc3ccc(F)cc3c2=O)nc1. The first kappa shape index (κ1) is 22.8. The number of ketones is 1. The van der Waals surface area contributed by atoms with Crippen molar-refractivity contribution >= 4 is 22.7 Å². The van der Waals surface area contributed by atoms with Crippen LogP contribution in [0.5, 0.6) is 0 Å². The van der Waals surface area contributed by atoms with E-state index in [1.165, 1.54) is 42.8 Å². The smallest absolute Gasteiger partial charge is 0.339 e. The van der Waals surface area contributed by atoms with E-state index >= 15 is 0 Å². The first-order valence-electron chi connectivity index (χ1n) is 11.2. The number of carbonyl (C=O) groups excluding carboxylic acids is 2. The predicted octanol–water partition coefficient (Wildman–Crippen LogP) is 4.04. The van der Waals surface area contributed by atoms with Gasteiger partial charge in [-0.05, 0) is 42.7 Å². The van der Waals surface area contributed by atoms with Gasteiger partial charge in [-0.2, -0.15) is 0 Å². The van der Waals surface area contributed by atoms with Crippen LogP contribution in [0.4, 0.5) is 4.39 Å². The number of ether oxygens (including phenoxy) is 1. The summed E-state index contributed by atoms with van der Waals surface area (Å²) in [6, 6.07) is 6.33. The maximum Gasteiger partial charge on any atom is 0.339 e. The molecule has 1 saturated carbocycles. The van der Waals surface area contributed by atoms with Crippen LogP contribution in [0.1, 0.15) is 60.6 Å². The van der Waals surface area contributed by atoms with Gasteiger partial charge in [0.05, 0.1) is 42.4 Å². The van der Waals surface area contributed by atoms with Gasteiger partial charge in [-0.1, -0.05) is 32.1 Å². The number of fused-ring (bicyclic) bond motifs is 1. The van der Waals surface area contributed by atoms with Crippen LogP contribution >= 0.6 is 0 Å². The second-order valence-corrected chi connectivity index (χ2v) is 8.55. The Balaban J connectivity index is 1.65. The number of hydrogen-bond acceptors (Lipinski definition) is 6. The Morgan fingerprint density at radius 3 is 2.64 bits per heavy atom. The van der Waals surface area contributed by atoms with Gasteiger partial charge in [-0.25, -0.2) is 14.2 Å². The van der Waals surface area contributed by atoms with E-state index in [9.17, 15) is 18.8 Å². The molecule has 1 aliphatic carbocycles. The molecule has 1 aliphatic rings. The van der Waals surface area contributed by atoms with E-state index in [1.807, 2.05) is 0 Å². The number of nitrogens with zero attached hydrogens (tertiary/aromatic N) is 3. The van der Waals surface area contributed by atoms with Crippen molar-refractivity contribution in [3.8, 4) is 0 Å². The highest BCUT2D eigenvalue weighted by Crippen LogP contribution is 2.31. The molecule has 0 bridgehead atoms. The molecule has 172 valence electrons. The molecule has 0 N–H and O–H groups in total. The van der Waals surface area contributed by atoms with Gasteiger partial charge >= 0.3 is 5.97 Å². The number of Topliss-reactive ketones (excluding diaryl/α,β-unsaturated/α-hetero) is 1. The van der Waals surface area contributed by atoms with Crippen LogP contribution in [0.3, 0.4) is 0 Å². The first-order chi connectivity index (χ1) is 16.0. The van der Waals surface area contributed by atoms with Gasteiger partial charge in [0.2, 0.25) is 0 Å². The number of methoxy groups -OCH3 is 1. The van der Waals surface area contributed by atoms with Crippen LogP contribution in [0.25, 0.3) is 10.9 Å². The molecule has 4 rings (SSSR count). The van der Waals surface area contributed by atoms with Crippen LogP contribution in [-0.4, -0.2) is 33.4 Å². The first-order valence-corrected chi connectivity index (χ1v) is 11.2. The Morgan fingerprint density at radius 1 is 1.15 bits per heavy atom. The topological polar surface area (TPSA) is 91.2 Å². The zero-order valence-electron chi connectivity index (χ0n) is 18.5. The van der Waals surface area contributed by atoms with Gasteiger partial charge < -0.3 is 4.74 Å². The molecule has 1 atom stereocenters. The van der Waals surface area contributed by atoms with E-state index in [-0.39, 0.29) is 17.6 Å². The lowest BCUT2D eigenvalue weighted by molar-refractivity contribution is -0.122. The van der Waals surface area contributed by atoms with Crippen molar-refractivity contribution in [3.63, 3.8) is 0 Å². The molecule has 0 unspecified atom stereocenters. The Labute approximate surface area is 190 Å². The molecular weight excluding hydrogens is 425 g/mol. The van der Waals surface area contributed by atoms with Crippen LogP contribution in [-0.2, 0) is 16.0 Å². The molecule has 2 aromatic heterocycles. The monoisotopic (exact) mass is 451 g/mol. The third kappa shape index (κ3) is 5.16. The van der Waals surface area contributed by atoms with Crippen LogP contribution in [0, 0.1) is 11.7 Å². The van der Waals surface area contributed by atoms with Crippen molar-refractivity contribution in [2.75, 3.05) is 7.11 Å². The molecule has 8 heteroatoms. The average Bonchev–Trinajstić information content (AvgIpc) is 2.84. The second kappa shape index (κ2) is 10.0. The highest BCUT2D eigenvalue weighted by atomic mass is 19.1. The van der Waals surface area contributed by atoms with Crippen molar-refractivity contribution in [1.82, 2.24) is 14.5 Å². The minimum absolute atomic E-state index is 0.00642. The maximum atomic E-state index is 13.8. The number of esters is 1. The number of halogens is 1. The summed E-state index contributed by atoms with van der Waals surface area (Å²) in [7, 11) is 1.29. The minimum atomic E-state index is -0.720. The van der Waals surface area contributed by atoms with Gasteiger partial charge in [0.25, 0.3) is 5.56 Å². The molecule has 1 aromatic carbocycles.